The van der Waals surface area contributed by atoms with Crippen LogP contribution in [0.3, 0.4) is 0 Å². The van der Waals surface area contributed by atoms with Gasteiger partial charge >= 0.3 is 12.0 Å². The Kier molecular flexibility index (Phi) is 3.45. The van der Waals surface area contributed by atoms with Crippen molar-refractivity contribution in [2.45, 2.75) is 31.9 Å². The van der Waals surface area contributed by atoms with E-state index >= 15 is 0 Å². The van der Waals surface area contributed by atoms with Crippen LogP contribution in [0, 0.1) is 5.92 Å². The van der Waals surface area contributed by atoms with Gasteiger partial charge in [-0.25, -0.2) is 9.59 Å². The third kappa shape index (κ3) is 2.66. The van der Waals surface area contributed by atoms with E-state index in [2.05, 4.69) is 12.2 Å². The molecule has 1 saturated carbocycles. The Morgan fingerprint density at radius 2 is 2.19 bits per heavy atom. The predicted molar refractivity (Wildman–Crippen MR) is 76.6 cm³/mol. The summed E-state index contributed by atoms with van der Waals surface area (Å²) in [6, 6.07) is 6.95. The molecule has 6 heteroatoms. The molecular formula is C15H18N2O4. The highest BCUT2D eigenvalue weighted by Gasteiger charge is 2.40. The maximum absolute atomic E-state index is 12.4. The second-order valence-corrected chi connectivity index (χ2v) is 5.48. The van der Waals surface area contributed by atoms with E-state index < -0.39 is 12.1 Å². The lowest BCUT2D eigenvalue weighted by Gasteiger charge is -2.33. The summed E-state index contributed by atoms with van der Waals surface area (Å²) in [6.45, 7) is 2.11. The van der Waals surface area contributed by atoms with Crippen LogP contribution >= 0.6 is 0 Å². The molecule has 1 aliphatic carbocycles. The molecule has 2 aliphatic rings. The van der Waals surface area contributed by atoms with Crippen LogP contribution in [-0.2, 0) is 4.79 Å². The molecule has 0 saturated heterocycles. The molecule has 2 amide bonds. The van der Waals surface area contributed by atoms with Gasteiger partial charge in [0.15, 0.2) is 0 Å². The van der Waals surface area contributed by atoms with Crippen molar-refractivity contribution in [2.75, 3.05) is 11.4 Å². The Morgan fingerprint density at radius 1 is 1.43 bits per heavy atom. The first-order valence-corrected chi connectivity index (χ1v) is 7.16. The van der Waals surface area contributed by atoms with Crippen molar-refractivity contribution < 1.29 is 19.4 Å². The molecule has 6 nitrogen and oxygen atoms in total. The number of carbonyl (C=O) groups is 2. The lowest BCUT2D eigenvalue weighted by molar-refractivity contribution is -0.144. The number of ether oxygens (including phenoxy) is 1. The zero-order valence-corrected chi connectivity index (χ0v) is 11.8. The maximum atomic E-state index is 12.4. The largest absolute Gasteiger partial charge is 0.478 e. The number of rotatable bonds is 3. The Bertz CT molecular complexity index is 575. The third-order valence-corrected chi connectivity index (χ3v) is 4.05. The number of nitrogens with one attached hydrogen (secondary N) is 1. The highest BCUT2D eigenvalue weighted by molar-refractivity contribution is 5.95. The summed E-state index contributed by atoms with van der Waals surface area (Å²) in [5, 5.41) is 12.1. The lowest BCUT2D eigenvalue weighted by Crippen LogP contribution is -2.51. The number of anilines is 1. The van der Waals surface area contributed by atoms with Crippen LogP contribution in [-0.4, -0.2) is 35.8 Å². The standard InChI is InChI=1S/C15H18N2O4/c1-2-9-7-10(9)16-15(20)17-8-13(14(18)19)21-12-6-4-3-5-11(12)17/h3-6,9-10,13H,2,7-8H2,1H3,(H,16,20)(H,18,19). The van der Waals surface area contributed by atoms with Crippen LogP contribution < -0.4 is 15.0 Å². The normalized spacial score (nSPS) is 26.5. The van der Waals surface area contributed by atoms with Crippen molar-refractivity contribution in [2.24, 2.45) is 5.92 Å². The van der Waals surface area contributed by atoms with Gasteiger partial charge in [-0.1, -0.05) is 25.5 Å². The van der Waals surface area contributed by atoms with Crippen LogP contribution in [0.5, 0.6) is 5.75 Å². The van der Waals surface area contributed by atoms with Crippen LogP contribution in [0.1, 0.15) is 19.8 Å². The second kappa shape index (κ2) is 5.27. The van der Waals surface area contributed by atoms with Crippen LogP contribution in [0.25, 0.3) is 0 Å². The molecule has 3 rings (SSSR count). The molecule has 2 N–H and O–H groups in total. The van der Waals surface area contributed by atoms with Gasteiger partial charge in [-0.3, -0.25) is 4.90 Å². The van der Waals surface area contributed by atoms with E-state index in [1.807, 2.05) is 0 Å². The highest BCUT2D eigenvalue weighted by Crippen LogP contribution is 2.36. The number of para-hydroxylation sites is 2. The quantitative estimate of drug-likeness (QED) is 0.890. The van der Waals surface area contributed by atoms with E-state index in [0.29, 0.717) is 17.4 Å². The first-order chi connectivity index (χ1) is 10.1. The van der Waals surface area contributed by atoms with E-state index in [0.717, 1.165) is 12.8 Å². The van der Waals surface area contributed by atoms with Gasteiger partial charge in [0.1, 0.15) is 5.75 Å². The Labute approximate surface area is 122 Å². The number of carbonyl (C=O) groups excluding carboxylic acids is 1. The molecule has 1 aromatic carbocycles. The molecule has 112 valence electrons. The van der Waals surface area contributed by atoms with Gasteiger partial charge < -0.3 is 15.2 Å². The minimum absolute atomic E-state index is 0.0156. The number of fused-ring (bicyclic) bond motifs is 1. The first-order valence-electron chi connectivity index (χ1n) is 7.16. The molecule has 0 radical (unpaired) electrons. The summed E-state index contributed by atoms with van der Waals surface area (Å²) in [4.78, 5) is 25.1. The summed E-state index contributed by atoms with van der Waals surface area (Å²) < 4.78 is 5.42. The molecule has 3 unspecified atom stereocenters. The zero-order chi connectivity index (χ0) is 15.0. The second-order valence-electron chi connectivity index (χ2n) is 5.48. The first kappa shape index (κ1) is 13.7. The van der Waals surface area contributed by atoms with Gasteiger partial charge in [-0.15, -0.1) is 0 Å². The van der Waals surface area contributed by atoms with Gasteiger partial charge in [0, 0.05) is 6.04 Å². The van der Waals surface area contributed by atoms with Gasteiger partial charge in [0.2, 0.25) is 6.10 Å². The SMILES string of the molecule is CCC1CC1NC(=O)N1CC(C(=O)O)Oc2ccccc21. The third-order valence-electron chi connectivity index (χ3n) is 4.05. The maximum Gasteiger partial charge on any atom is 0.346 e. The monoisotopic (exact) mass is 290 g/mol. The molecule has 1 heterocycles. The van der Waals surface area contributed by atoms with E-state index in [1.165, 1.54) is 4.90 Å². The van der Waals surface area contributed by atoms with Crippen molar-refractivity contribution >= 4 is 17.7 Å². The topological polar surface area (TPSA) is 78.9 Å². The smallest absolute Gasteiger partial charge is 0.346 e. The molecule has 0 spiro atoms. The van der Waals surface area contributed by atoms with Crippen molar-refractivity contribution in [3.05, 3.63) is 24.3 Å². The Balaban J connectivity index is 1.79. The average molecular weight is 290 g/mol. The number of nitrogens with zero attached hydrogens (tertiary/aromatic N) is 1. The fourth-order valence-corrected chi connectivity index (χ4v) is 2.67. The van der Waals surface area contributed by atoms with Gasteiger partial charge in [-0.05, 0) is 24.5 Å². The summed E-state index contributed by atoms with van der Waals surface area (Å²) >= 11 is 0. The van der Waals surface area contributed by atoms with Crippen molar-refractivity contribution in [1.82, 2.24) is 5.32 Å². The molecule has 21 heavy (non-hydrogen) atoms. The zero-order valence-electron chi connectivity index (χ0n) is 11.8. The number of urea groups is 1. The Hall–Kier alpha value is -2.24. The lowest BCUT2D eigenvalue weighted by atomic mass is 10.2. The van der Waals surface area contributed by atoms with Gasteiger partial charge in [0.25, 0.3) is 0 Å². The number of carboxylic acid groups (broad SMARTS) is 1. The van der Waals surface area contributed by atoms with Crippen LogP contribution in [0.15, 0.2) is 24.3 Å². The predicted octanol–water partition coefficient (Wildman–Crippen LogP) is 1.85. The summed E-state index contributed by atoms with van der Waals surface area (Å²) in [7, 11) is 0. The molecule has 1 aromatic rings. The van der Waals surface area contributed by atoms with Crippen molar-refractivity contribution in [3.8, 4) is 5.75 Å². The fourth-order valence-electron chi connectivity index (χ4n) is 2.67. The van der Waals surface area contributed by atoms with Crippen LogP contribution in [0.4, 0.5) is 10.5 Å². The summed E-state index contributed by atoms with van der Waals surface area (Å²) in [5.74, 6) is -0.102. The van der Waals surface area contributed by atoms with E-state index in [1.54, 1.807) is 24.3 Å². The Morgan fingerprint density at radius 3 is 2.86 bits per heavy atom. The molecular weight excluding hydrogens is 272 g/mol. The fraction of sp³-hybridized carbons (Fsp3) is 0.467. The number of hydrogen-bond donors (Lipinski definition) is 2. The minimum Gasteiger partial charge on any atom is -0.478 e. The number of hydrogen-bond acceptors (Lipinski definition) is 3. The van der Waals surface area contributed by atoms with Gasteiger partial charge in [0.05, 0.1) is 12.2 Å². The summed E-state index contributed by atoms with van der Waals surface area (Å²) in [6.07, 6.45) is 1.01. The molecule has 1 fully saturated rings. The minimum atomic E-state index is -1.07. The van der Waals surface area contributed by atoms with Crippen LogP contribution in [0.2, 0.25) is 0 Å². The van der Waals surface area contributed by atoms with E-state index in [9.17, 15) is 9.59 Å². The molecule has 0 aromatic heterocycles. The van der Waals surface area contributed by atoms with E-state index in [4.69, 9.17) is 9.84 Å². The highest BCUT2D eigenvalue weighted by atomic mass is 16.5. The molecule has 3 atom stereocenters. The number of aliphatic carboxylic acids is 1. The van der Waals surface area contributed by atoms with Gasteiger partial charge in [-0.2, -0.15) is 0 Å². The van der Waals surface area contributed by atoms with E-state index in [-0.39, 0.29) is 18.6 Å². The number of amides is 2. The van der Waals surface area contributed by atoms with Crippen molar-refractivity contribution in [3.63, 3.8) is 0 Å². The molecule has 0 bridgehead atoms. The van der Waals surface area contributed by atoms with Crippen molar-refractivity contribution in [1.29, 1.82) is 0 Å². The summed E-state index contributed by atoms with van der Waals surface area (Å²) in [5.41, 5.74) is 0.612. The number of carboxylic acids is 1. The average Bonchev–Trinajstić information content (AvgIpc) is 3.24. The molecule has 1 aliphatic heterocycles. The number of benzene rings is 1.